The summed E-state index contributed by atoms with van der Waals surface area (Å²) < 4.78 is 0. The monoisotopic (exact) mass is 680 g/mol. The number of carbonyl (C=O) groups excluding carboxylic acids is 1. The maximum atomic E-state index is 12.7. The fourth-order valence-corrected chi connectivity index (χ4v) is 4.88. The van der Waals surface area contributed by atoms with Crippen molar-refractivity contribution in [2.45, 2.75) is 90.0 Å². The molecular weight excluding hydrogens is 617 g/mol. The first-order chi connectivity index (χ1) is 25.1. The lowest BCUT2D eigenvalue weighted by Crippen LogP contribution is -2.00. The molecule has 6 aromatic carbocycles. The molecule has 0 spiro atoms. The number of carbonyl (C=O) groups is 1. The Kier molecular flexibility index (Phi) is 25.0. The third kappa shape index (κ3) is 14.0. The first-order valence-corrected chi connectivity index (χ1v) is 19.2. The summed E-state index contributed by atoms with van der Waals surface area (Å²) in [6, 6.07) is 52.0. The van der Waals surface area contributed by atoms with Gasteiger partial charge in [-0.15, -0.1) is 0 Å². The normalized spacial score (nSPS) is 8.96. The van der Waals surface area contributed by atoms with Crippen LogP contribution in [0.5, 0.6) is 0 Å². The van der Waals surface area contributed by atoms with E-state index >= 15 is 0 Å². The molecule has 51 heavy (non-hydrogen) atoms. The lowest BCUT2D eigenvalue weighted by Gasteiger charge is -2.08. The van der Waals surface area contributed by atoms with Crippen LogP contribution in [0.25, 0.3) is 44.5 Å². The van der Waals surface area contributed by atoms with Crippen LogP contribution in [0.4, 0.5) is 0 Å². The zero-order valence-electron chi connectivity index (χ0n) is 33.8. The summed E-state index contributed by atoms with van der Waals surface area (Å²) in [5.41, 5.74) is 12.1. The molecule has 0 aliphatic carbocycles. The maximum absolute atomic E-state index is 12.7. The van der Waals surface area contributed by atoms with E-state index in [1.165, 1.54) is 38.9 Å². The van der Waals surface area contributed by atoms with Crippen LogP contribution in [0, 0.1) is 6.92 Å². The first kappa shape index (κ1) is 46.0. The molecule has 0 fully saturated rings. The van der Waals surface area contributed by atoms with E-state index in [-0.39, 0.29) is 5.78 Å². The van der Waals surface area contributed by atoms with E-state index in [0.717, 1.165) is 11.1 Å². The van der Waals surface area contributed by atoms with Crippen LogP contribution in [0.1, 0.15) is 105 Å². The molecule has 1 nitrogen and oxygen atoms in total. The van der Waals surface area contributed by atoms with Crippen molar-refractivity contribution in [1.29, 1.82) is 0 Å². The first-order valence-electron chi connectivity index (χ1n) is 19.2. The van der Waals surface area contributed by atoms with Gasteiger partial charge in [-0.1, -0.05) is 240 Å². The van der Waals surface area contributed by atoms with Gasteiger partial charge in [0, 0.05) is 11.1 Å². The largest absolute Gasteiger partial charge is 0.289 e. The Morgan fingerprint density at radius 3 is 0.725 bits per heavy atom. The van der Waals surface area contributed by atoms with Gasteiger partial charge in [0.2, 0.25) is 0 Å². The van der Waals surface area contributed by atoms with Crippen molar-refractivity contribution in [3.8, 4) is 44.5 Å². The average molecular weight is 681 g/mol. The summed E-state index contributed by atoms with van der Waals surface area (Å²) in [6.45, 7) is 26.1. The number of aryl methyl sites for hydroxylation is 1. The van der Waals surface area contributed by atoms with Crippen LogP contribution < -0.4 is 0 Å². The fraction of sp³-hybridized carbons (Fsp3) is 0.260. The minimum atomic E-state index is 0.0446. The summed E-state index contributed by atoms with van der Waals surface area (Å²) in [6.07, 6.45) is 0. The second-order valence-electron chi connectivity index (χ2n) is 9.87. The van der Waals surface area contributed by atoms with Crippen molar-refractivity contribution >= 4 is 5.78 Å². The van der Waals surface area contributed by atoms with Gasteiger partial charge >= 0.3 is 0 Å². The smallest absolute Gasteiger partial charge is 0.193 e. The van der Waals surface area contributed by atoms with Crippen LogP contribution in [-0.2, 0) is 0 Å². The predicted octanol–water partition coefficient (Wildman–Crippen LogP) is 16.1. The van der Waals surface area contributed by atoms with Crippen molar-refractivity contribution < 1.29 is 4.79 Å². The van der Waals surface area contributed by atoms with Gasteiger partial charge < -0.3 is 0 Å². The standard InChI is InChI=1S/C38H28O.6C2H6/c1-27-7-9-28(10-8-27)29-11-13-30(14-12-29)31-15-17-32(18-16-31)33-19-21-34(22-20-33)35-23-25-37(26-24-35)38(39)36-5-3-2-4-6-36;6*1-2/h2-26H,1H3;6*1-2H3. The van der Waals surface area contributed by atoms with Gasteiger partial charge in [-0.2, -0.15) is 0 Å². The topological polar surface area (TPSA) is 17.1 Å². The van der Waals surface area contributed by atoms with Gasteiger partial charge in [0.25, 0.3) is 0 Å². The highest BCUT2D eigenvalue weighted by atomic mass is 16.1. The summed E-state index contributed by atoms with van der Waals surface area (Å²) in [4.78, 5) is 12.7. The average Bonchev–Trinajstić information content (AvgIpc) is 3.26. The molecule has 0 radical (unpaired) electrons. The lowest BCUT2D eigenvalue weighted by molar-refractivity contribution is 0.103. The number of benzene rings is 6. The summed E-state index contributed by atoms with van der Waals surface area (Å²) in [5, 5.41) is 0. The van der Waals surface area contributed by atoms with Gasteiger partial charge in [-0.25, -0.2) is 0 Å². The molecule has 0 unspecified atom stereocenters. The molecule has 0 amide bonds. The Morgan fingerprint density at radius 1 is 0.275 bits per heavy atom. The molecule has 0 atom stereocenters. The molecule has 0 bridgehead atoms. The van der Waals surface area contributed by atoms with Crippen LogP contribution in [0.2, 0.25) is 0 Å². The van der Waals surface area contributed by atoms with Gasteiger partial charge in [0.05, 0.1) is 0 Å². The minimum absolute atomic E-state index is 0.0446. The highest BCUT2D eigenvalue weighted by Crippen LogP contribution is 2.29. The molecule has 6 rings (SSSR count). The van der Waals surface area contributed by atoms with Gasteiger partial charge in [0.15, 0.2) is 5.78 Å². The molecule has 6 aromatic rings. The van der Waals surface area contributed by atoms with Crippen molar-refractivity contribution in [3.05, 3.63) is 168 Å². The second-order valence-corrected chi connectivity index (χ2v) is 9.87. The molecule has 0 N–H and O–H groups in total. The molecule has 0 aliphatic heterocycles. The highest BCUT2D eigenvalue weighted by molar-refractivity contribution is 6.09. The molecular formula is C50H64O. The quantitative estimate of drug-likeness (QED) is 0.160. The Balaban J connectivity index is 0.00000189. The third-order valence-electron chi connectivity index (χ3n) is 7.22. The van der Waals surface area contributed by atoms with E-state index in [1.54, 1.807) is 0 Å². The van der Waals surface area contributed by atoms with Crippen LogP contribution in [0.15, 0.2) is 152 Å². The fourth-order valence-electron chi connectivity index (χ4n) is 4.88. The molecule has 270 valence electrons. The SMILES string of the molecule is CC.CC.CC.CC.CC.CC.Cc1ccc(-c2ccc(-c3ccc(-c4ccc(-c5ccc(C(=O)c6ccccc6)cc5)cc4)cc3)cc2)cc1. The van der Waals surface area contributed by atoms with E-state index in [1.807, 2.05) is 138 Å². The molecule has 0 aromatic heterocycles. The minimum Gasteiger partial charge on any atom is -0.289 e. The van der Waals surface area contributed by atoms with Crippen molar-refractivity contribution in [1.82, 2.24) is 0 Å². The zero-order valence-corrected chi connectivity index (χ0v) is 33.8. The number of hydrogen-bond acceptors (Lipinski definition) is 1. The molecule has 0 saturated carbocycles. The van der Waals surface area contributed by atoms with Crippen LogP contribution in [-0.4, -0.2) is 5.78 Å². The third-order valence-corrected chi connectivity index (χ3v) is 7.22. The summed E-state index contributed by atoms with van der Waals surface area (Å²) in [5.74, 6) is 0.0446. The summed E-state index contributed by atoms with van der Waals surface area (Å²) >= 11 is 0. The van der Waals surface area contributed by atoms with E-state index in [9.17, 15) is 4.79 Å². The van der Waals surface area contributed by atoms with Crippen molar-refractivity contribution in [2.75, 3.05) is 0 Å². The van der Waals surface area contributed by atoms with E-state index in [4.69, 9.17) is 0 Å². The van der Waals surface area contributed by atoms with E-state index < -0.39 is 0 Å². The Labute approximate surface area is 312 Å². The van der Waals surface area contributed by atoms with Crippen molar-refractivity contribution in [2.24, 2.45) is 0 Å². The Bertz CT molecular complexity index is 1690. The molecule has 0 saturated heterocycles. The predicted molar refractivity (Wildman–Crippen MR) is 231 cm³/mol. The molecule has 0 heterocycles. The van der Waals surface area contributed by atoms with Gasteiger partial charge in [-0.05, 0) is 51.4 Å². The Hall–Kier alpha value is -5.01. The van der Waals surface area contributed by atoms with Crippen molar-refractivity contribution in [3.63, 3.8) is 0 Å². The number of ketones is 1. The molecule has 0 aliphatic rings. The summed E-state index contributed by atoms with van der Waals surface area (Å²) in [7, 11) is 0. The lowest BCUT2D eigenvalue weighted by atomic mass is 9.96. The zero-order chi connectivity index (χ0) is 38.6. The van der Waals surface area contributed by atoms with Crippen LogP contribution in [0.3, 0.4) is 0 Å². The van der Waals surface area contributed by atoms with Gasteiger partial charge in [0.1, 0.15) is 0 Å². The van der Waals surface area contributed by atoms with E-state index in [2.05, 4.69) is 104 Å². The number of rotatable bonds is 6. The number of hydrogen-bond donors (Lipinski definition) is 0. The highest BCUT2D eigenvalue weighted by Gasteiger charge is 2.09. The van der Waals surface area contributed by atoms with Gasteiger partial charge in [-0.3, -0.25) is 4.79 Å². The van der Waals surface area contributed by atoms with Crippen LogP contribution >= 0.6 is 0 Å². The second kappa shape index (κ2) is 27.8. The van der Waals surface area contributed by atoms with E-state index in [0.29, 0.717) is 11.1 Å². The maximum Gasteiger partial charge on any atom is 0.193 e. The Morgan fingerprint density at radius 2 is 0.471 bits per heavy atom. The molecule has 1 heteroatoms.